The van der Waals surface area contributed by atoms with Gasteiger partial charge in [-0.15, -0.1) is 0 Å². The van der Waals surface area contributed by atoms with Crippen molar-refractivity contribution < 1.29 is 33.3 Å². The van der Waals surface area contributed by atoms with Crippen molar-refractivity contribution in [3.8, 4) is 23.1 Å². The van der Waals surface area contributed by atoms with Crippen LogP contribution in [0, 0.1) is 47.8 Å². The van der Waals surface area contributed by atoms with Crippen LogP contribution >= 0.6 is 0 Å². The standard InChI is InChI=1S/C42H42N2O8/c1-23-8-13-28(24(2)17-23)39-48-22-41(4)31-19-33(50-37(46)26-11-9-25(20-43)10-12-26)42(5)36(40(31,3)15-14-32(41)51-39)35(45)34-30(52-42)18-29(49-38(34)47)27-7-6-16-44-21-27/h6-13,16-18,21,31-33,35-36,39,45H,14-15,19,22H2,1-5H3/t31?,32-,33-,35-,36?,39+,40-,41-,42+/m0/s1. The van der Waals surface area contributed by atoms with Gasteiger partial charge in [-0.25, -0.2) is 9.59 Å². The van der Waals surface area contributed by atoms with Crippen LogP contribution < -0.4 is 10.4 Å². The van der Waals surface area contributed by atoms with Gasteiger partial charge in [0.1, 0.15) is 28.8 Å². The monoisotopic (exact) mass is 702 g/mol. The summed E-state index contributed by atoms with van der Waals surface area (Å²) in [7, 11) is 0. The molecule has 0 bridgehead atoms. The van der Waals surface area contributed by atoms with E-state index < -0.39 is 52.4 Å². The molecular formula is C42H42N2O8. The largest absolute Gasteiger partial charge is 0.482 e. The molecule has 4 aliphatic rings. The number of aliphatic hydroxyl groups is 1. The minimum Gasteiger partial charge on any atom is -0.482 e. The minimum atomic E-state index is -1.29. The molecule has 2 aliphatic carbocycles. The number of nitriles is 1. The lowest BCUT2D eigenvalue weighted by Crippen LogP contribution is -2.72. The van der Waals surface area contributed by atoms with Gasteiger partial charge in [0.05, 0.1) is 36.0 Å². The summed E-state index contributed by atoms with van der Waals surface area (Å²) in [5, 5.41) is 21.7. The minimum absolute atomic E-state index is 0.0486. The summed E-state index contributed by atoms with van der Waals surface area (Å²) < 4.78 is 32.4. The van der Waals surface area contributed by atoms with Crippen LogP contribution in [-0.4, -0.2) is 40.5 Å². The number of fused-ring (bicyclic) bond motifs is 6. The number of benzene rings is 2. The molecule has 2 aliphatic heterocycles. The summed E-state index contributed by atoms with van der Waals surface area (Å²) in [5.41, 5.74) is 1.54. The van der Waals surface area contributed by atoms with E-state index in [2.05, 4.69) is 56.9 Å². The van der Waals surface area contributed by atoms with Gasteiger partial charge < -0.3 is 28.5 Å². The SMILES string of the molecule is Cc1ccc([C@@H]2OC[C@@]3(C)C4C[C@H](OC(=O)c5ccc(C#N)cc5)[C@@]5(C)Oc6cc(-c7cccnc7)oc(=O)c6[C@H](O)C5[C@@]4(C)CC[C@@H]3O2)c(C)c1. The normalized spacial score (nSPS) is 33.2. The molecule has 0 amide bonds. The number of pyridine rings is 1. The Balaban J connectivity index is 1.20. The van der Waals surface area contributed by atoms with Crippen LogP contribution in [0.2, 0.25) is 0 Å². The quantitative estimate of drug-likeness (QED) is 0.218. The third-order valence-corrected chi connectivity index (χ3v) is 12.5. The topological polar surface area (TPSA) is 141 Å². The Morgan fingerprint density at radius 3 is 2.56 bits per heavy atom. The van der Waals surface area contributed by atoms with Gasteiger partial charge in [0.2, 0.25) is 0 Å². The van der Waals surface area contributed by atoms with E-state index in [4.69, 9.17) is 23.4 Å². The number of aryl methyl sites for hydroxylation is 2. The summed E-state index contributed by atoms with van der Waals surface area (Å²) in [4.78, 5) is 31.8. The maximum atomic E-state index is 13.9. The van der Waals surface area contributed by atoms with Crippen LogP contribution in [-0.2, 0) is 14.2 Å². The lowest BCUT2D eigenvalue weighted by molar-refractivity contribution is -0.330. The molecule has 9 atom stereocenters. The second kappa shape index (κ2) is 12.4. The molecule has 4 aromatic rings. The highest BCUT2D eigenvalue weighted by Gasteiger charge is 2.71. The highest BCUT2D eigenvalue weighted by molar-refractivity contribution is 5.89. The first-order valence-corrected chi connectivity index (χ1v) is 17.9. The Kier molecular flexibility index (Phi) is 8.18. The fraction of sp³-hybridized carbons (Fsp3) is 0.429. The molecule has 2 aromatic heterocycles. The number of aliphatic hydroxyl groups excluding tert-OH is 1. The number of hydrogen-bond donors (Lipinski definition) is 1. The number of rotatable bonds is 4. The van der Waals surface area contributed by atoms with E-state index in [1.165, 1.54) is 5.56 Å². The van der Waals surface area contributed by atoms with E-state index in [1.54, 1.807) is 54.9 Å². The van der Waals surface area contributed by atoms with Gasteiger partial charge in [0.15, 0.2) is 6.29 Å². The smallest absolute Gasteiger partial charge is 0.345 e. The number of carbonyl (C=O) groups excluding carboxylic acids is 1. The van der Waals surface area contributed by atoms with E-state index in [0.717, 1.165) is 11.1 Å². The molecule has 1 saturated heterocycles. The van der Waals surface area contributed by atoms with Crippen LogP contribution in [0.3, 0.4) is 0 Å². The van der Waals surface area contributed by atoms with Gasteiger partial charge in [-0.3, -0.25) is 4.98 Å². The summed E-state index contributed by atoms with van der Waals surface area (Å²) in [6.45, 7) is 10.7. The lowest BCUT2D eigenvalue weighted by Gasteiger charge is -2.67. The zero-order chi connectivity index (χ0) is 36.6. The first kappa shape index (κ1) is 34.3. The summed E-state index contributed by atoms with van der Waals surface area (Å²) in [6, 6.07) is 19.7. The zero-order valence-electron chi connectivity index (χ0n) is 29.9. The number of nitrogens with zero attached hydrogens (tertiary/aromatic N) is 2. The Bertz CT molecular complexity index is 2140. The Labute approximate surface area is 302 Å². The second-order valence-corrected chi connectivity index (χ2v) is 15.7. The zero-order valence-corrected chi connectivity index (χ0v) is 29.9. The molecule has 0 spiro atoms. The van der Waals surface area contributed by atoms with Crippen molar-refractivity contribution in [2.75, 3.05) is 6.61 Å². The van der Waals surface area contributed by atoms with E-state index in [0.29, 0.717) is 37.0 Å². The third kappa shape index (κ3) is 5.28. The van der Waals surface area contributed by atoms with Crippen molar-refractivity contribution in [2.24, 2.45) is 22.7 Å². The van der Waals surface area contributed by atoms with Crippen LogP contribution in [0.1, 0.15) is 90.6 Å². The fourth-order valence-corrected chi connectivity index (χ4v) is 9.98. The molecule has 3 fully saturated rings. The molecule has 2 unspecified atom stereocenters. The van der Waals surface area contributed by atoms with Crippen LogP contribution in [0.5, 0.6) is 5.75 Å². The van der Waals surface area contributed by atoms with Gasteiger partial charge in [-0.1, -0.05) is 37.6 Å². The van der Waals surface area contributed by atoms with E-state index in [1.807, 2.05) is 6.92 Å². The first-order valence-electron chi connectivity index (χ1n) is 17.9. The fourth-order valence-electron chi connectivity index (χ4n) is 9.98. The molecule has 8 rings (SSSR count). The van der Waals surface area contributed by atoms with Crippen LogP contribution in [0.15, 0.2) is 82.3 Å². The molecule has 52 heavy (non-hydrogen) atoms. The summed E-state index contributed by atoms with van der Waals surface area (Å²) in [5.74, 6) is -0.985. The van der Waals surface area contributed by atoms with Gasteiger partial charge in [-0.2, -0.15) is 5.26 Å². The average molecular weight is 703 g/mol. The maximum Gasteiger partial charge on any atom is 0.345 e. The molecule has 10 nitrogen and oxygen atoms in total. The summed E-state index contributed by atoms with van der Waals surface area (Å²) >= 11 is 0. The molecule has 10 heteroatoms. The van der Waals surface area contributed by atoms with Crippen LogP contribution in [0.4, 0.5) is 0 Å². The number of aromatic nitrogens is 1. The molecule has 1 N–H and O–H groups in total. The second-order valence-electron chi connectivity index (χ2n) is 15.7. The molecule has 268 valence electrons. The Morgan fingerprint density at radius 2 is 1.85 bits per heavy atom. The Morgan fingerprint density at radius 1 is 1.06 bits per heavy atom. The van der Waals surface area contributed by atoms with Gasteiger partial charge in [0.25, 0.3) is 0 Å². The summed E-state index contributed by atoms with van der Waals surface area (Å²) in [6.07, 6.45) is 2.15. The van der Waals surface area contributed by atoms with Gasteiger partial charge in [0, 0.05) is 40.9 Å². The van der Waals surface area contributed by atoms with Gasteiger partial charge >= 0.3 is 11.6 Å². The molecule has 2 saturated carbocycles. The van der Waals surface area contributed by atoms with Crippen LogP contribution in [0.25, 0.3) is 11.3 Å². The van der Waals surface area contributed by atoms with E-state index >= 15 is 0 Å². The first-order chi connectivity index (χ1) is 24.9. The molecular weight excluding hydrogens is 660 g/mol. The third-order valence-electron chi connectivity index (χ3n) is 12.5. The number of hydrogen-bond acceptors (Lipinski definition) is 10. The van der Waals surface area contributed by atoms with Crippen molar-refractivity contribution in [3.05, 3.63) is 117 Å². The highest BCUT2D eigenvalue weighted by atomic mass is 16.7. The van der Waals surface area contributed by atoms with Crippen molar-refractivity contribution >= 4 is 5.97 Å². The van der Waals surface area contributed by atoms with Crippen molar-refractivity contribution in [2.45, 2.75) is 84.1 Å². The molecule has 4 heterocycles. The van der Waals surface area contributed by atoms with E-state index in [-0.39, 0.29) is 34.7 Å². The molecule has 0 radical (unpaired) electrons. The lowest BCUT2D eigenvalue weighted by atomic mass is 9.42. The maximum absolute atomic E-state index is 13.9. The number of esters is 1. The molecule has 2 aromatic carbocycles. The predicted octanol–water partition coefficient (Wildman–Crippen LogP) is 7.16. The average Bonchev–Trinajstić information content (AvgIpc) is 3.12. The van der Waals surface area contributed by atoms with Crippen molar-refractivity contribution in [1.82, 2.24) is 4.98 Å². The predicted molar refractivity (Wildman–Crippen MR) is 189 cm³/mol. The highest BCUT2D eigenvalue weighted by Crippen LogP contribution is 2.68. The van der Waals surface area contributed by atoms with E-state index in [9.17, 15) is 20.0 Å². The van der Waals surface area contributed by atoms with Crippen molar-refractivity contribution in [3.63, 3.8) is 0 Å². The van der Waals surface area contributed by atoms with Gasteiger partial charge in [-0.05, 0) is 93.3 Å². The Hall–Kier alpha value is -4.82. The number of ether oxygens (including phenoxy) is 4. The number of carbonyl (C=O) groups is 1. The van der Waals surface area contributed by atoms with Crippen molar-refractivity contribution in [1.29, 1.82) is 5.26 Å².